The molecule has 1 fully saturated rings. The zero-order chi connectivity index (χ0) is 14.8. The van der Waals surface area contributed by atoms with Crippen molar-refractivity contribution in [2.45, 2.75) is 26.0 Å². The molecule has 0 spiro atoms. The van der Waals surface area contributed by atoms with E-state index in [9.17, 15) is 4.79 Å². The van der Waals surface area contributed by atoms with Crippen molar-refractivity contribution in [3.05, 3.63) is 48.0 Å². The highest BCUT2D eigenvalue weighted by Crippen LogP contribution is 2.19. The molecule has 0 radical (unpaired) electrons. The Labute approximate surface area is 125 Å². The zero-order valence-electron chi connectivity index (χ0n) is 12.6. The molecule has 2 aromatic carbocycles. The minimum Gasteiger partial charge on any atom is -0.367 e. The molecule has 21 heavy (non-hydrogen) atoms. The van der Waals surface area contributed by atoms with E-state index in [1.54, 1.807) is 0 Å². The molecule has 1 aliphatic rings. The number of ketones is 1. The third-order valence-electron chi connectivity index (χ3n) is 4.15. The molecule has 3 heteroatoms. The molecule has 2 aromatic rings. The summed E-state index contributed by atoms with van der Waals surface area (Å²) < 4.78 is 5.70. The number of nitrogens with zero attached hydrogens (tertiary/aromatic N) is 1. The van der Waals surface area contributed by atoms with Crippen molar-refractivity contribution in [2.75, 3.05) is 19.7 Å². The second kappa shape index (κ2) is 5.96. The molecule has 1 unspecified atom stereocenters. The number of fused-ring (bicyclic) bond motifs is 1. The average Bonchev–Trinajstić information content (AvgIpc) is 2.53. The number of carbonyl (C=O) groups excluding carboxylic acids is 1. The van der Waals surface area contributed by atoms with Crippen molar-refractivity contribution >= 4 is 16.6 Å². The predicted octanol–water partition coefficient (Wildman–Crippen LogP) is 3.13. The Kier molecular flexibility index (Phi) is 4.04. The molecule has 0 aliphatic carbocycles. The van der Waals surface area contributed by atoms with Crippen molar-refractivity contribution in [1.29, 1.82) is 0 Å². The van der Waals surface area contributed by atoms with Gasteiger partial charge in [0.15, 0.2) is 5.78 Å². The molecular formula is C18H21NO2. The van der Waals surface area contributed by atoms with Gasteiger partial charge in [0, 0.05) is 24.7 Å². The van der Waals surface area contributed by atoms with E-state index in [0.29, 0.717) is 19.2 Å². The number of ether oxygens (including phenoxy) is 1. The van der Waals surface area contributed by atoms with Crippen LogP contribution >= 0.6 is 0 Å². The number of carbonyl (C=O) groups is 1. The number of hydrogen-bond donors (Lipinski definition) is 0. The van der Waals surface area contributed by atoms with Crippen LogP contribution in [0.25, 0.3) is 10.8 Å². The van der Waals surface area contributed by atoms with Gasteiger partial charge in [-0.3, -0.25) is 9.69 Å². The van der Waals surface area contributed by atoms with E-state index in [4.69, 9.17) is 4.74 Å². The maximum absolute atomic E-state index is 12.7. The first kappa shape index (κ1) is 14.2. The largest absolute Gasteiger partial charge is 0.367 e. The smallest absolute Gasteiger partial charge is 0.192 e. The van der Waals surface area contributed by atoms with E-state index in [1.165, 1.54) is 0 Å². The van der Waals surface area contributed by atoms with E-state index in [2.05, 4.69) is 24.8 Å². The van der Waals surface area contributed by atoms with E-state index in [-0.39, 0.29) is 11.9 Å². The molecule has 0 aromatic heterocycles. The second-order valence-corrected chi connectivity index (χ2v) is 5.87. The first-order valence-corrected chi connectivity index (χ1v) is 7.54. The predicted molar refractivity (Wildman–Crippen MR) is 84.7 cm³/mol. The third-order valence-corrected chi connectivity index (χ3v) is 4.15. The minimum atomic E-state index is -0.345. The normalized spacial score (nSPS) is 20.0. The van der Waals surface area contributed by atoms with Crippen LogP contribution in [-0.4, -0.2) is 42.5 Å². The molecule has 1 heterocycles. The fraction of sp³-hybridized carbons (Fsp3) is 0.389. The molecule has 0 bridgehead atoms. The Morgan fingerprint density at radius 1 is 1.19 bits per heavy atom. The zero-order valence-corrected chi connectivity index (χ0v) is 12.6. The van der Waals surface area contributed by atoms with Crippen LogP contribution in [-0.2, 0) is 4.74 Å². The van der Waals surface area contributed by atoms with E-state index >= 15 is 0 Å². The molecule has 110 valence electrons. The van der Waals surface area contributed by atoms with E-state index < -0.39 is 0 Å². The molecule has 1 saturated heterocycles. The van der Waals surface area contributed by atoms with Gasteiger partial charge >= 0.3 is 0 Å². The fourth-order valence-corrected chi connectivity index (χ4v) is 2.83. The maximum Gasteiger partial charge on any atom is 0.192 e. The topological polar surface area (TPSA) is 29.5 Å². The van der Waals surface area contributed by atoms with Gasteiger partial charge in [-0.1, -0.05) is 36.4 Å². The van der Waals surface area contributed by atoms with Crippen molar-refractivity contribution in [2.24, 2.45) is 0 Å². The van der Waals surface area contributed by atoms with Crippen LogP contribution in [0.2, 0.25) is 0 Å². The quantitative estimate of drug-likeness (QED) is 0.811. The lowest BCUT2D eigenvalue weighted by atomic mass is 10.0. The Bertz CT molecular complexity index is 650. The van der Waals surface area contributed by atoms with E-state index in [0.717, 1.165) is 22.9 Å². The highest BCUT2D eigenvalue weighted by Gasteiger charge is 2.28. The van der Waals surface area contributed by atoms with Crippen LogP contribution < -0.4 is 0 Å². The van der Waals surface area contributed by atoms with Crippen molar-refractivity contribution in [3.63, 3.8) is 0 Å². The number of morpholine rings is 1. The van der Waals surface area contributed by atoms with Crippen LogP contribution in [0.3, 0.4) is 0 Å². The Morgan fingerprint density at radius 3 is 2.71 bits per heavy atom. The molecule has 1 atom stereocenters. The van der Waals surface area contributed by atoms with Gasteiger partial charge in [0.05, 0.1) is 6.61 Å². The molecule has 0 N–H and O–H groups in total. The summed E-state index contributed by atoms with van der Waals surface area (Å²) in [5.74, 6) is 0.0890. The van der Waals surface area contributed by atoms with Crippen LogP contribution in [0.5, 0.6) is 0 Å². The van der Waals surface area contributed by atoms with Crippen LogP contribution in [0.4, 0.5) is 0 Å². The highest BCUT2D eigenvalue weighted by molar-refractivity contribution is 6.02. The lowest BCUT2D eigenvalue weighted by Crippen LogP contribution is -2.48. The Morgan fingerprint density at radius 2 is 1.95 bits per heavy atom. The van der Waals surface area contributed by atoms with Gasteiger partial charge in [-0.25, -0.2) is 0 Å². The number of Topliss-reactive ketones (excluding diaryl/α,β-unsaturated/α-hetero) is 1. The van der Waals surface area contributed by atoms with Crippen molar-refractivity contribution in [1.82, 2.24) is 4.90 Å². The lowest BCUT2D eigenvalue weighted by Gasteiger charge is -2.34. The van der Waals surface area contributed by atoms with Crippen LogP contribution in [0.15, 0.2) is 42.5 Å². The van der Waals surface area contributed by atoms with Gasteiger partial charge in [0.25, 0.3) is 0 Å². The average molecular weight is 283 g/mol. The summed E-state index contributed by atoms with van der Waals surface area (Å²) in [5, 5.41) is 2.25. The molecule has 3 rings (SSSR count). The third kappa shape index (κ3) is 2.99. The minimum absolute atomic E-state index is 0.0890. The van der Waals surface area contributed by atoms with Gasteiger partial charge in [-0.2, -0.15) is 0 Å². The summed E-state index contributed by atoms with van der Waals surface area (Å²) in [6.07, 6.45) is -0.345. The first-order valence-electron chi connectivity index (χ1n) is 7.54. The first-order chi connectivity index (χ1) is 10.1. The summed E-state index contributed by atoms with van der Waals surface area (Å²) in [6, 6.07) is 14.4. The summed E-state index contributed by atoms with van der Waals surface area (Å²) in [4.78, 5) is 15.0. The Balaban J connectivity index is 1.82. The summed E-state index contributed by atoms with van der Waals surface area (Å²) in [7, 11) is 0. The van der Waals surface area contributed by atoms with Crippen LogP contribution in [0.1, 0.15) is 24.2 Å². The SMILES string of the molecule is CC(C)N1CCOC(C(=O)c2ccc3ccccc3c2)C1. The fourth-order valence-electron chi connectivity index (χ4n) is 2.83. The maximum atomic E-state index is 12.7. The van der Waals surface area contributed by atoms with Gasteiger partial charge < -0.3 is 4.74 Å². The van der Waals surface area contributed by atoms with Gasteiger partial charge in [0.1, 0.15) is 6.10 Å². The summed E-state index contributed by atoms with van der Waals surface area (Å²) >= 11 is 0. The van der Waals surface area contributed by atoms with E-state index in [1.807, 2.05) is 36.4 Å². The van der Waals surface area contributed by atoms with Crippen LogP contribution in [0, 0.1) is 0 Å². The summed E-state index contributed by atoms with van der Waals surface area (Å²) in [6.45, 7) is 6.52. The van der Waals surface area contributed by atoms with Gasteiger partial charge in [0.2, 0.25) is 0 Å². The molecule has 0 saturated carbocycles. The highest BCUT2D eigenvalue weighted by atomic mass is 16.5. The van der Waals surface area contributed by atoms with Crippen molar-refractivity contribution < 1.29 is 9.53 Å². The molecule has 0 amide bonds. The number of rotatable bonds is 3. The Hall–Kier alpha value is -1.71. The number of hydrogen-bond acceptors (Lipinski definition) is 3. The number of benzene rings is 2. The van der Waals surface area contributed by atoms with Gasteiger partial charge in [-0.05, 0) is 30.7 Å². The monoisotopic (exact) mass is 283 g/mol. The second-order valence-electron chi connectivity index (χ2n) is 5.87. The van der Waals surface area contributed by atoms with Gasteiger partial charge in [-0.15, -0.1) is 0 Å². The molecule has 1 aliphatic heterocycles. The molecule has 3 nitrogen and oxygen atoms in total. The summed E-state index contributed by atoms with van der Waals surface area (Å²) in [5.41, 5.74) is 0.740. The lowest BCUT2D eigenvalue weighted by molar-refractivity contribution is -0.0256. The standard InChI is InChI=1S/C18H21NO2/c1-13(2)19-9-10-21-17(12-19)18(20)16-8-7-14-5-3-4-6-15(14)11-16/h3-8,11,13,17H,9-10,12H2,1-2H3. The molecular weight excluding hydrogens is 262 g/mol. The van der Waals surface area contributed by atoms with Crippen molar-refractivity contribution in [3.8, 4) is 0 Å².